The molecule has 0 aromatic heterocycles. The molecule has 2 aromatic carbocycles. The number of nitrogens with two attached hydrogens (primary N) is 1. The summed E-state index contributed by atoms with van der Waals surface area (Å²) in [5.74, 6) is -0.174. The number of hydrogen-bond donors (Lipinski definition) is 2. The van der Waals surface area contributed by atoms with Crippen molar-refractivity contribution >= 4 is 21.6 Å². The number of amides is 1. The lowest BCUT2D eigenvalue weighted by molar-refractivity contribution is 0.0740. The van der Waals surface area contributed by atoms with Crippen molar-refractivity contribution < 1.29 is 13.2 Å². The number of anilines is 1. The van der Waals surface area contributed by atoms with Gasteiger partial charge in [0.05, 0.1) is 4.90 Å². The summed E-state index contributed by atoms with van der Waals surface area (Å²) >= 11 is 0. The molecule has 0 aliphatic rings. The molecular formula is C20H27N3O3S. The molecule has 6 nitrogen and oxygen atoms in total. The SMILES string of the molecule is Cc1ccc(NS(=O)(=O)c2ccc(C(=O)N(C)CC(C)(C)CN)cc2)cc1. The fourth-order valence-electron chi connectivity index (χ4n) is 2.61. The van der Waals surface area contributed by atoms with Gasteiger partial charge < -0.3 is 10.6 Å². The van der Waals surface area contributed by atoms with Gasteiger partial charge in [-0.2, -0.15) is 0 Å². The van der Waals surface area contributed by atoms with E-state index in [4.69, 9.17) is 5.73 Å². The minimum atomic E-state index is -3.71. The molecule has 7 heteroatoms. The summed E-state index contributed by atoms with van der Waals surface area (Å²) in [7, 11) is -2.00. The highest BCUT2D eigenvalue weighted by atomic mass is 32.2. The summed E-state index contributed by atoms with van der Waals surface area (Å²) in [6.45, 7) is 6.88. The standard InChI is InChI=1S/C20H27N3O3S/c1-15-5-9-17(10-6-15)22-27(25,26)18-11-7-16(8-12-18)19(24)23(4)14-20(2,3)13-21/h5-12,22H,13-14,21H2,1-4H3. The molecule has 0 fully saturated rings. The lowest BCUT2D eigenvalue weighted by Gasteiger charge is -2.29. The molecule has 0 aliphatic heterocycles. The molecule has 0 atom stereocenters. The maximum Gasteiger partial charge on any atom is 0.261 e. The molecule has 0 unspecified atom stereocenters. The van der Waals surface area contributed by atoms with Gasteiger partial charge >= 0.3 is 0 Å². The normalized spacial score (nSPS) is 11.9. The van der Waals surface area contributed by atoms with Gasteiger partial charge in [-0.3, -0.25) is 9.52 Å². The quantitative estimate of drug-likeness (QED) is 0.761. The fourth-order valence-corrected chi connectivity index (χ4v) is 3.67. The molecule has 1 amide bonds. The Kier molecular flexibility index (Phi) is 6.28. The number of aryl methyl sites for hydroxylation is 1. The van der Waals surface area contributed by atoms with Crippen LogP contribution in [-0.4, -0.2) is 39.4 Å². The van der Waals surface area contributed by atoms with E-state index in [0.717, 1.165) is 5.56 Å². The van der Waals surface area contributed by atoms with Crippen LogP contribution in [0.5, 0.6) is 0 Å². The van der Waals surface area contributed by atoms with Gasteiger partial charge in [-0.1, -0.05) is 31.5 Å². The van der Waals surface area contributed by atoms with E-state index in [1.807, 2.05) is 32.9 Å². The van der Waals surface area contributed by atoms with Crippen molar-refractivity contribution in [1.82, 2.24) is 4.90 Å². The number of carbonyl (C=O) groups is 1. The molecule has 0 heterocycles. The van der Waals surface area contributed by atoms with Crippen LogP contribution >= 0.6 is 0 Å². The largest absolute Gasteiger partial charge is 0.341 e. The summed E-state index contributed by atoms with van der Waals surface area (Å²) < 4.78 is 27.6. The second kappa shape index (κ2) is 8.10. The predicted molar refractivity (Wildman–Crippen MR) is 108 cm³/mol. The van der Waals surface area contributed by atoms with E-state index in [1.54, 1.807) is 24.1 Å². The highest BCUT2D eigenvalue weighted by Gasteiger charge is 2.22. The Labute approximate surface area is 161 Å². The smallest absolute Gasteiger partial charge is 0.261 e. The molecule has 2 rings (SSSR count). The van der Waals surface area contributed by atoms with E-state index >= 15 is 0 Å². The first-order valence-corrected chi connectivity index (χ1v) is 10.2. The van der Waals surface area contributed by atoms with Gasteiger partial charge in [-0.25, -0.2) is 8.42 Å². The Balaban J connectivity index is 2.13. The number of hydrogen-bond acceptors (Lipinski definition) is 4. The third-order valence-electron chi connectivity index (χ3n) is 4.28. The zero-order valence-corrected chi connectivity index (χ0v) is 17.0. The van der Waals surface area contributed by atoms with Crippen LogP contribution in [-0.2, 0) is 10.0 Å². The van der Waals surface area contributed by atoms with E-state index in [1.165, 1.54) is 24.3 Å². The molecule has 3 N–H and O–H groups in total. The van der Waals surface area contributed by atoms with Gasteiger partial charge in [0.2, 0.25) is 0 Å². The number of nitrogens with one attached hydrogen (secondary N) is 1. The van der Waals surface area contributed by atoms with Gasteiger partial charge in [-0.15, -0.1) is 0 Å². The van der Waals surface area contributed by atoms with Crippen LogP contribution in [0.2, 0.25) is 0 Å². The number of nitrogens with zero attached hydrogens (tertiary/aromatic N) is 1. The second-order valence-corrected chi connectivity index (χ2v) is 9.21. The maximum absolute atomic E-state index is 12.5. The number of carbonyl (C=O) groups excluding carboxylic acids is 1. The monoisotopic (exact) mass is 389 g/mol. The van der Waals surface area contributed by atoms with Crippen molar-refractivity contribution in [2.24, 2.45) is 11.1 Å². The van der Waals surface area contributed by atoms with Gasteiger partial charge in [0, 0.05) is 24.8 Å². The van der Waals surface area contributed by atoms with E-state index in [0.29, 0.717) is 24.3 Å². The van der Waals surface area contributed by atoms with Crippen LogP contribution < -0.4 is 10.5 Å². The van der Waals surface area contributed by atoms with Crippen LogP contribution in [0.25, 0.3) is 0 Å². The third kappa shape index (κ3) is 5.55. The summed E-state index contributed by atoms with van der Waals surface area (Å²) in [6, 6.07) is 13.0. The molecule has 0 aliphatic carbocycles. The second-order valence-electron chi connectivity index (χ2n) is 7.53. The van der Waals surface area contributed by atoms with E-state index in [-0.39, 0.29) is 16.2 Å². The number of sulfonamides is 1. The summed E-state index contributed by atoms with van der Waals surface area (Å²) in [4.78, 5) is 14.2. The Bertz CT molecular complexity index is 889. The average Bonchev–Trinajstić information content (AvgIpc) is 2.62. The molecule has 0 bridgehead atoms. The summed E-state index contributed by atoms with van der Waals surface area (Å²) in [6.07, 6.45) is 0. The Hall–Kier alpha value is -2.38. The van der Waals surface area contributed by atoms with Crippen LogP contribution in [0, 0.1) is 12.3 Å². The summed E-state index contributed by atoms with van der Waals surface area (Å²) in [5, 5.41) is 0. The highest BCUT2D eigenvalue weighted by molar-refractivity contribution is 7.92. The van der Waals surface area contributed by atoms with Gasteiger partial charge in [0.15, 0.2) is 0 Å². The molecule has 0 radical (unpaired) electrons. The highest BCUT2D eigenvalue weighted by Crippen LogP contribution is 2.19. The van der Waals surface area contributed by atoms with Gasteiger partial charge in [-0.05, 0) is 55.3 Å². The minimum absolute atomic E-state index is 0.101. The van der Waals surface area contributed by atoms with Crippen LogP contribution in [0.15, 0.2) is 53.4 Å². The number of benzene rings is 2. The first kappa shape index (κ1) is 20.9. The molecule has 146 valence electrons. The lowest BCUT2D eigenvalue weighted by atomic mass is 9.93. The van der Waals surface area contributed by atoms with E-state index in [9.17, 15) is 13.2 Å². The molecular weight excluding hydrogens is 362 g/mol. The van der Waals surface area contributed by atoms with Crippen molar-refractivity contribution in [3.63, 3.8) is 0 Å². The Morgan fingerprint density at radius 2 is 1.63 bits per heavy atom. The first-order valence-electron chi connectivity index (χ1n) is 8.69. The lowest BCUT2D eigenvalue weighted by Crippen LogP contribution is -2.39. The minimum Gasteiger partial charge on any atom is -0.341 e. The predicted octanol–water partition coefficient (Wildman–Crippen LogP) is 2.85. The van der Waals surface area contributed by atoms with E-state index in [2.05, 4.69) is 4.72 Å². The van der Waals surface area contributed by atoms with E-state index < -0.39 is 10.0 Å². The molecule has 0 spiro atoms. The third-order valence-corrected chi connectivity index (χ3v) is 5.68. The van der Waals surface area contributed by atoms with Crippen LogP contribution in [0.1, 0.15) is 29.8 Å². The molecule has 2 aromatic rings. The van der Waals surface area contributed by atoms with Crippen LogP contribution in [0.3, 0.4) is 0 Å². The Morgan fingerprint density at radius 3 is 2.15 bits per heavy atom. The summed E-state index contributed by atoms with van der Waals surface area (Å²) in [5.41, 5.74) is 7.50. The molecule has 27 heavy (non-hydrogen) atoms. The van der Waals surface area contributed by atoms with Crippen molar-refractivity contribution in [3.8, 4) is 0 Å². The first-order chi connectivity index (χ1) is 12.5. The zero-order chi connectivity index (χ0) is 20.2. The number of rotatable bonds is 7. The fraction of sp³-hybridized carbons (Fsp3) is 0.350. The van der Waals surface area contributed by atoms with Crippen molar-refractivity contribution in [3.05, 3.63) is 59.7 Å². The van der Waals surface area contributed by atoms with Crippen molar-refractivity contribution in [2.45, 2.75) is 25.7 Å². The molecule has 0 saturated heterocycles. The van der Waals surface area contributed by atoms with Gasteiger partial charge in [0.1, 0.15) is 0 Å². The van der Waals surface area contributed by atoms with Crippen molar-refractivity contribution in [2.75, 3.05) is 24.9 Å². The van der Waals surface area contributed by atoms with Gasteiger partial charge in [0.25, 0.3) is 15.9 Å². The maximum atomic E-state index is 12.5. The van der Waals surface area contributed by atoms with Crippen molar-refractivity contribution in [1.29, 1.82) is 0 Å². The van der Waals surface area contributed by atoms with Crippen LogP contribution in [0.4, 0.5) is 5.69 Å². The Morgan fingerprint density at radius 1 is 1.07 bits per heavy atom. The molecule has 0 saturated carbocycles. The zero-order valence-electron chi connectivity index (χ0n) is 16.2. The average molecular weight is 390 g/mol. The topological polar surface area (TPSA) is 92.5 Å².